The van der Waals surface area contributed by atoms with Gasteiger partial charge >= 0.3 is 0 Å². The zero-order chi connectivity index (χ0) is 13.8. The number of nitrogens with two attached hydrogens (primary N) is 1. The summed E-state index contributed by atoms with van der Waals surface area (Å²) >= 11 is 0. The Bertz CT molecular complexity index is 378. The van der Waals surface area contributed by atoms with E-state index in [2.05, 4.69) is 56.1 Å². The van der Waals surface area contributed by atoms with Crippen molar-refractivity contribution in [3.05, 3.63) is 23.9 Å². The van der Waals surface area contributed by atoms with Gasteiger partial charge in [0.05, 0.1) is 6.04 Å². The predicted molar refractivity (Wildman–Crippen MR) is 77.5 cm³/mol. The highest BCUT2D eigenvalue weighted by Gasteiger charge is 2.36. The molecule has 4 heteroatoms. The topological polar surface area (TPSA) is 54.2 Å². The summed E-state index contributed by atoms with van der Waals surface area (Å²) in [6.45, 7) is 7.48. The maximum Gasteiger partial charge on any atom is 0.128 e. The van der Waals surface area contributed by atoms with E-state index in [1.54, 1.807) is 6.20 Å². The van der Waals surface area contributed by atoms with Gasteiger partial charge in [0, 0.05) is 17.3 Å². The van der Waals surface area contributed by atoms with Crippen molar-refractivity contribution in [3.8, 4) is 0 Å². The lowest BCUT2D eigenvalue weighted by Crippen LogP contribution is -2.51. The van der Waals surface area contributed by atoms with E-state index in [4.69, 9.17) is 5.73 Å². The maximum absolute atomic E-state index is 6.03. The van der Waals surface area contributed by atoms with Crippen molar-refractivity contribution in [2.45, 2.75) is 38.8 Å². The second kappa shape index (κ2) is 6.16. The average molecular weight is 250 g/mol. The van der Waals surface area contributed by atoms with Crippen molar-refractivity contribution < 1.29 is 0 Å². The van der Waals surface area contributed by atoms with Gasteiger partial charge in [-0.1, -0.05) is 19.9 Å². The fraction of sp³-hybridized carbons (Fsp3) is 0.643. The zero-order valence-corrected chi connectivity index (χ0v) is 12.2. The molecule has 0 aliphatic carbocycles. The summed E-state index contributed by atoms with van der Waals surface area (Å²) in [6, 6.07) is 4.19. The molecule has 1 rings (SSSR count). The molecule has 0 radical (unpaired) electrons. The minimum absolute atomic E-state index is 0.00711. The quantitative estimate of drug-likeness (QED) is 0.811. The molecule has 1 aromatic rings. The molecule has 0 saturated heterocycles. The molecule has 0 spiro atoms. The molecule has 102 valence electrons. The molecule has 18 heavy (non-hydrogen) atoms. The number of nitrogens with one attached hydrogen (secondary N) is 1. The van der Waals surface area contributed by atoms with Crippen LogP contribution in [-0.4, -0.2) is 36.1 Å². The maximum atomic E-state index is 6.03. The lowest BCUT2D eigenvalue weighted by Gasteiger charge is -2.43. The molecule has 0 saturated carbocycles. The molecular weight excluding hydrogens is 224 g/mol. The van der Waals surface area contributed by atoms with Crippen LogP contribution < -0.4 is 11.1 Å². The van der Waals surface area contributed by atoms with E-state index in [0.29, 0.717) is 5.82 Å². The minimum atomic E-state index is 0.00711. The van der Waals surface area contributed by atoms with Gasteiger partial charge in [-0.2, -0.15) is 0 Å². The SMILES string of the molecule is CCNC(c1cccnc1N)C(C)(CC)N(C)C. The van der Waals surface area contributed by atoms with Crippen LogP contribution in [0.15, 0.2) is 18.3 Å². The predicted octanol–water partition coefficient (Wildman–Crippen LogP) is 2.04. The van der Waals surface area contributed by atoms with Crippen LogP contribution in [0.5, 0.6) is 0 Å². The number of rotatable bonds is 6. The largest absolute Gasteiger partial charge is 0.383 e. The summed E-state index contributed by atoms with van der Waals surface area (Å²) in [5.74, 6) is 0.616. The van der Waals surface area contributed by atoms with E-state index in [9.17, 15) is 0 Å². The summed E-state index contributed by atoms with van der Waals surface area (Å²) in [5, 5.41) is 3.55. The zero-order valence-electron chi connectivity index (χ0n) is 12.2. The summed E-state index contributed by atoms with van der Waals surface area (Å²) in [4.78, 5) is 6.47. The van der Waals surface area contributed by atoms with Gasteiger partial charge < -0.3 is 16.0 Å². The third-order valence-corrected chi connectivity index (χ3v) is 3.95. The van der Waals surface area contributed by atoms with Crippen LogP contribution in [0.2, 0.25) is 0 Å². The standard InChI is InChI=1S/C14H26N4/c1-6-14(3,18(4)5)12(16-7-2)11-9-8-10-17-13(11)15/h8-10,12,16H,6-7H2,1-5H3,(H2,15,17). The Labute approximate surface area is 111 Å². The molecule has 4 nitrogen and oxygen atoms in total. The van der Waals surface area contributed by atoms with Crippen LogP contribution >= 0.6 is 0 Å². The van der Waals surface area contributed by atoms with Crippen molar-refractivity contribution >= 4 is 5.82 Å². The Morgan fingerprint density at radius 1 is 1.44 bits per heavy atom. The number of aromatic nitrogens is 1. The first kappa shape index (κ1) is 14.9. The number of hydrogen-bond donors (Lipinski definition) is 2. The molecule has 1 heterocycles. The highest BCUT2D eigenvalue weighted by atomic mass is 15.2. The molecule has 0 aromatic carbocycles. The molecular formula is C14H26N4. The van der Waals surface area contributed by atoms with Crippen LogP contribution in [0.4, 0.5) is 5.82 Å². The normalized spacial score (nSPS) is 16.6. The minimum Gasteiger partial charge on any atom is -0.383 e. The van der Waals surface area contributed by atoms with Gasteiger partial charge in [0.2, 0.25) is 0 Å². The highest BCUT2D eigenvalue weighted by Crippen LogP contribution is 2.34. The van der Waals surface area contributed by atoms with Gasteiger partial charge in [-0.3, -0.25) is 0 Å². The summed E-state index contributed by atoms with van der Waals surface area (Å²) < 4.78 is 0. The smallest absolute Gasteiger partial charge is 0.128 e. The first-order valence-corrected chi connectivity index (χ1v) is 6.58. The Kier molecular flexibility index (Phi) is 5.11. The highest BCUT2D eigenvalue weighted by molar-refractivity contribution is 5.42. The molecule has 0 aliphatic heterocycles. The molecule has 0 aliphatic rings. The van der Waals surface area contributed by atoms with Crippen molar-refractivity contribution in [1.82, 2.24) is 15.2 Å². The fourth-order valence-electron chi connectivity index (χ4n) is 2.32. The van der Waals surface area contributed by atoms with E-state index in [0.717, 1.165) is 18.5 Å². The van der Waals surface area contributed by atoms with Crippen molar-refractivity contribution in [2.75, 3.05) is 26.4 Å². The molecule has 0 fully saturated rings. The van der Waals surface area contributed by atoms with E-state index in [-0.39, 0.29) is 11.6 Å². The van der Waals surface area contributed by atoms with Crippen LogP contribution in [0.3, 0.4) is 0 Å². The number of pyridine rings is 1. The van der Waals surface area contributed by atoms with Crippen LogP contribution in [0, 0.1) is 0 Å². The average Bonchev–Trinajstić information content (AvgIpc) is 2.36. The second-order valence-corrected chi connectivity index (χ2v) is 5.07. The van der Waals surface area contributed by atoms with Crippen molar-refractivity contribution in [2.24, 2.45) is 0 Å². The number of hydrogen-bond acceptors (Lipinski definition) is 4. The Hall–Kier alpha value is -1.13. The molecule has 2 unspecified atom stereocenters. The van der Waals surface area contributed by atoms with Crippen LogP contribution in [0.25, 0.3) is 0 Å². The number of likely N-dealkylation sites (N-methyl/N-ethyl adjacent to an activating group) is 2. The molecule has 0 amide bonds. The fourth-order valence-corrected chi connectivity index (χ4v) is 2.32. The van der Waals surface area contributed by atoms with Gasteiger partial charge in [0.25, 0.3) is 0 Å². The third-order valence-electron chi connectivity index (χ3n) is 3.95. The molecule has 0 bridgehead atoms. The summed E-state index contributed by atoms with van der Waals surface area (Å²) in [7, 11) is 4.22. The first-order chi connectivity index (χ1) is 8.47. The summed E-state index contributed by atoms with van der Waals surface area (Å²) in [6.07, 6.45) is 2.77. The molecule has 2 atom stereocenters. The second-order valence-electron chi connectivity index (χ2n) is 5.07. The van der Waals surface area contributed by atoms with Crippen LogP contribution in [-0.2, 0) is 0 Å². The lowest BCUT2D eigenvalue weighted by molar-refractivity contribution is 0.114. The number of nitrogens with zero attached hydrogens (tertiary/aromatic N) is 2. The van der Waals surface area contributed by atoms with E-state index >= 15 is 0 Å². The molecule has 1 aromatic heterocycles. The van der Waals surface area contributed by atoms with Gasteiger partial charge in [-0.05, 0) is 40.1 Å². The lowest BCUT2D eigenvalue weighted by atomic mass is 9.83. The van der Waals surface area contributed by atoms with Gasteiger partial charge in [-0.25, -0.2) is 4.98 Å². The van der Waals surface area contributed by atoms with Crippen LogP contribution in [0.1, 0.15) is 38.8 Å². The Morgan fingerprint density at radius 2 is 2.11 bits per heavy atom. The number of nitrogen functional groups attached to an aromatic ring is 1. The van der Waals surface area contributed by atoms with Gasteiger partial charge in [-0.15, -0.1) is 0 Å². The monoisotopic (exact) mass is 250 g/mol. The van der Waals surface area contributed by atoms with E-state index in [1.165, 1.54) is 0 Å². The van der Waals surface area contributed by atoms with Crippen molar-refractivity contribution in [1.29, 1.82) is 0 Å². The van der Waals surface area contributed by atoms with Gasteiger partial charge in [0.15, 0.2) is 0 Å². The summed E-state index contributed by atoms with van der Waals surface area (Å²) in [5.41, 5.74) is 7.12. The van der Waals surface area contributed by atoms with E-state index in [1.807, 2.05) is 6.07 Å². The Morgan fingerprint density at radius 3 is 2.56 bits per heavy atom. The van der Waals surface area contributed by atoms with E-state index < -0.39 is 0 Å². The van der Waals surface area contributed by atoms with Gasteiger partial charge in [0.1, 0.15) is 5.82 Å². The third kappa shape index (κ3) is 2.82. The Balaban J connectivity index is 3.21. The molecule has 3 N–H and O–H groups in total. The first-order valence-electron chi connectivity index (χ1n) is 6.58. The number of anilines is 1. The van der Waals surface area contributed by atoms with Crippen molar-refractivity contribution in [3.63, 3.8) is 0 Å².